The van der Waals surface area contributed by atoms with Crippen LogP contribution in [0.4, 0.5) is 0 Å². The van der Waals surface area contributed by atoms with Gasteiger partial charge in [-0.05, 0) is 38.4 Å². The van der Waals surface area contributed by atoms with E-state index >= 15 is 0 Å². The van der Waals surface area contributed by atoms with Crippen LogP contribution in [0.2, 0.25) is 0 Å². The third kappa shape index (κ3) is 4.32. The third-order valence-electron chi connectivity index (χ3n) is 3.83. The Kier molecular flexibility index (Phi) is 5.01. The fourth-order valence-electron chi connectivity index (χ4n) is 2.60. The van der Waals surface area contributed by atoms with Crippen LogP contribution in [0.3, 0.4) is 0 Å². The summed E-state index contributed by atoms with van der Waals surface area (Å²) in [6.07, 6.45) is 1.52. The van der Waals surface area contributed by atoms with Crippen molar-refractivity contribution in [3.05, 3.63) is 23.7 Å². The van der Waals surface area contributed by atoms with Gasteiger partial charge in [0.05, 0.1) is 19.0 Å². The van der Waals surface area contributed by atoms with Crippen LogP contribution in [0.15, 0.2) is 16.5 Å². The minimum absolute atomic E-state index is 0.0184. The molecule has 21 heavy (non-hydrogen) atoms. The molecule has 2 rings (SSSR count). The van der Waals surface area contributed by atoms with Gasteiger partial charge in [-0.3, -0.25) is 14.5 Å². The number of hydrogen-bond acceptors (Lipinski definition) is 4. The number of carbonyl (C=O) groups is 2. The number of carboxylic acid groups (broad SMARTS) is 1. The highest BCUT2D eigenvalue weighted by atomic mass is 16.4. The van der Waals surface area contributed by atoms with Crippen molar-refractivity contribution in [2.24, 2.45) is 5.92 Å². The summed E-state index contributed by atoms with van der Waals surface area (Å²) in [5.74, 6) is 0.433. The molecule has 6 heteroatoms. The molecule has 0 aliphatic carbocycles. The maximum absolute atomic E-state index is 12.2. The maximum Gasteiger partial charge on any atom is 0.307 e. The number of carboxylic acids is 1. The zero-order valence-electron chi connectivity index (χ0n) is 12.5. The first-order chi connectivity index (χ1) is 9.95. The van der Waals surface area contributed by atoms with Crippen LogP contribution in [0.5, 0.6) is 0 Å². The molecule has 1 N–H and O–H groups in total. The highest BCUT2D eigenvalue weighted by Gasteiger charge is 2.27. The molecule has 1 aliphatic rings. The van der Waals surface area contributed by atoms with E-state index in [-0.39, 0.29) is 18.4 Å². The van der Waals surface area contributed by atoms with Crippen LogP contribution in [0.1, 0.15) is 24.4 Å². The molecule has 0 spiro atoms. The molecule has 116 valence electrons. The number of rotatable bonds is 5. The fourth-order valence-corrected chi connectivity index (χ4v) is 2.60. The molecular weight excluding hydrogens is 272 g/mol. The molecule has 0 radical (unpaired) electrons. The highest BCUT2D eigenvalue weighted by molar-refractivity contribution is 5.78. The monoisotopic (exact) mass is 294 g/mol. The number of likely N-dealkylation sites (tertiary alicyclic amines) is 1. The molecule has 1 unspecified atom stereocenters. The summed E-state index contributed by atoms with van der Waals surface area (Å²) >= 11 is 0. The SMILES string of the molecule is Cc1ccc(CN(C)C(=O)CN2CCCC(C(=O)O)C2)o1. The van der Waals surface area contributed by atoms with Crippen molar-refractivity contribution >= 4 is 11.9 Å². The van der Waals surface area contributed by atoms with Crippen molar-refractivity contribution < 1.29 is 19.1 Å². The minimum atomic E-state index is -0.772. The van der Waals surface area contributed by atoms with E-state index in [0.717, 1.165) is 24.5 Å². The van der Waals surface area contributed by atoms with Crippen LogP contribution < -0.4 is 0 Å². The van der Waals surface area contributed by atoms with Gasteiger partial charge in [-0.1, -0.05) is 0 Å². The predicted octanol–water partition coefficient (Wildman–Crippen LogP) is 1.34. The van der Waals surface area contributed by atoms with E-state index in [4.69, 9.17) is 9.52 Å². The maximum atomic E-state index is 12.2. The second-order valence-electron chi connectivity index (χ2n) is 5.67. The Bertz CT molecular complexity index is 512. The molecule has 6 nitrogen and oxygen atoms in total. The van der Waals surface area contributed by atoms with Gasteiger partial charge in [0.2, 0.25) is 5.91 Å². The molecule has 1 amide bonds. The summed E-state index contributed by atoms with van der Waals surface area (Å²) in [5, 5.41) is 9.06. The zero-order valence-corrected chi connectivity index (χ0v) is 12.5. The second kappa shape index (κ2) is 6.76. The van der Waals surface area contributed by atoms with Gasteiger partial charge in [0, 0.05) is 13.6 Å². The summed E-state index contributed by atoms with van der Waals surface area (Å²) in [5.41, 5.74) is 0. The van der Waals surface area contributed by atoms with Gasteiger partial charge in [0.1, 0.15) is 11.5 Å². The van der Waals surface area contributed by atoms with Gasteiger partial charge in [-0.15, -0.1) is 0 Å². The number of hydrogen-bond donors (Lipinski definition) is 1. The number of amides is 1. The van der Waals surface area contributed by atoms with Crippen molar-refractivity contribution in [2.45, 2.75) is 26.3 Å². The zero-order chi connectivity index (χ0) is 15.4. The van der Waals surface area contributed by atoms with Gasteiger partial charge in [-0.25, -0.2) is 0 Å². The molecule has 1 aromatic rings. The third-order valence-corrected chi connectivity index (χ3v) is 3.83. The minimum Gasteiger partial charge on any atom is -0.481 e. The largest absolute Gasteiger partial charge is 0.481 e. The topological polar surface area (TPSA) is 74.0 Å². The van der Waals surface area contributed by atoms with E-state index in [1.807, 2.05) is 24.0 Å². The Morgan fingerprint density at radius 3 is 2.86 bits per heavy atom. The van der Waals surface area contributed by atoms with Crippen LogP contribution in [0, 0.1) is 12.8 Å². The van der Waals surface area contributed by atoms with Gasteiger partial charge < -0.3 is 14.4 Å². The average molecular weight is 294 g/mol. The van der Waals surface area contributed by atoms with Crippen molar-refractivity contribution in [3.8, 4) is 0 Å². The van der Waals surface area contributed by atoms with Crippen LogP contribution in [-0.2, 0) is 16.1 Å². The Morgan fingerprint density at radius 1 is 1.48 bits per heavy atom. The van der Waals surface area contributed by atoms with Gasteiger partial charge in [0.25, 0.3) is 0 Å². The first-order valence-corrected chi connectivity index (χ1v) is 7.20. The lowest BCUT2D eigenvalue weighted by molar-refractivity contribution is -0.144. The van der Waals surface area contributed by atoms with Gasteiger partial charge in [-0.2, -0.15) is 0 Å². The number of furan rings is 1. The predicted molar refractivity (Wildman–Crippen MR) is 76.7 cm³/mol. The lowest BCUT2D eigenvalue weighted by Gasteiger charge is -2.31. The lowest BCUT2D eigenvalue weighted by Crippen LogP contribution is -2.44. The van der Waals surface area contributed by atoms with E-state index in [1.165, 1.54) is 0 Å². The average Bonchev–Trinajstić information content (AvgIpc) is 2.84. The van der Waals surface area contributed by atoms with Crippen LogP contribution >= 0.6 is 0 Å². The highest BCUT2D eigenvalue weighted by Crippen LogP contribution is 2.16. The molecule has 0 bridgehead atoms. The fraction of sp³-hybridized carbons (Fsp3) is 0.600. The summed E-state index contributed by atoms with van der Waals surface area (Å²) in [7, 11) is 1.73. The Balaban J connectivity index is 1.84. The molecule has 1 aliphatic heterocycles. The first kappa shape index (κ1) is 15.6. The number of piperidine rings is 1. The molecule has 0 saturated carbocycles. The van der Waals surface area contributed by atoms with Crippen molar-refractivity contribution in [1.82, 2.24) is 9.80 Å². The summed E-state index contributed by atoms with van der Waals surface area (Å²) in [4.78, 5) is 26.8. The summed E-state index contributed by atoms with van der Waals surface area (Å²) in [6.45, 7) is 3.80. The number of aryl methyl sites for hydroxylation is 1. The van der Waals surface area contributed by atoms with E-state index < -0.39 is 5.97 Å². The molecule has 0 aromatic carbocycles. The Hall–Kier alpha value is -1.82. The van der Waals surface area contributed by atoms with E-state index in [9.17, 15) is 9.59 Å². The first-order valence-electron chi connectivity index (χ1n) is 7.20. The molecular formula is C15H22N2O4. The standard InChI is InChI=1S/C15H22N2O4/c1-11-5-6-13(21-11)9-16(2)14(18)10-17-7-3-4-12(8-17)15(19)20/h5-6,12H,3-4,7-10H2,1-2H3,(H,19,20). The van der Waals surface area contributed by atoms with E-state index in [0.29, 0.717) is 19.5 Å². The summed E-state index contributed by atoms with van der Waals surface area (Å²) < 4.78 is 5.46. The van der Waals surface area contributed by atoms with E-state index in [2.05, 4.69) is 0 Å². The van der Waals surface area contributed by atoms with Crippen molar-refractivity contribution in [2.75, 3.05) is 26.7 Å². The molecule has 1 saturated heterocycles. The van der Waals surface area contributed by atoms with Crippen LogP contribution in [-0.4, -0.2) is 53.5 Å². The van der Waals surface area contributed by atoms with Gasteiger partial charge in [0.15, 0.2) is 0 Å². The van der Waals surface area contributed by atoms with Crippen LogP contribution in [0.25, 0.3) is 0 Å². The normalized spacial score (nSPS) is 19.4. The van der Waals surface area contributed by atoms with Crippen molar-refractivity contribution in [3.63, 3.8) is 0 Å². The molecule has 2 heterocycles. The number of carbonyl (C=O) groups excluding carboxylic acids is 1. The van der Waals surface area contributed by atoms with Crippen molar-refractivity contribution in [1.29, 1.82) is 0 Å². The van der Waals surface area contributed by atoms with E-state index in [1.54, 1.807) is 11.9 Å². The smallest absolute Gasteiger partial charge is 0.307 e. The number of likely N-dealkylation sites (N-methyl/N-ethyl adjacent to an activating group) is 1. The Labute approximate surface area is 124 Å². The van der Waals surface area contributed by atoms with Gasteiger partial charge >= 0.3 is 5.97 Å². The Morgan fingerprint density at radius 2 is 2.24 bits per heavy atom. The number of aliphatic carboxylic acids is 1. The summed E-state index contributed by atoms with van der Waals surface area (Å²) in [6, 6.07) is 3.73. The second-order valence-corrected chi connectivity index (χ2v) is 5.67. The molecule has 1 aromatic heterocycles. The molecule has 1 atom stereocenters. The quantitative estimate of drug-likeness (QED) is 0.887. The number of nitrogens with zero attached hydrogens (tertiary/aromatic N) is 2. The lowest BCUT2D eigenvalue weighted by atomic mass is 9.98. The molecule has 1 fully saturated rings.